The summed E-state index contributed by atoms with van der Waals surface area (Å²) >= 11 is 1.36. The van der Waals surface area contributed by atoms with Crippen LogP contribution in [0.25, 0.3) is 6.08 Å². The van der Waals surface area contributed by atoms with Crippen LogP contribution >= 0.6 is 11.3 Å². The molecule has 0 saturated heterocycles. The Morgan fingerprint density at radius 1 is 1.24 bits per heavy atom. The van der Waals surface area contributed by atoms with Gasteiger partial charge in [0.25, 0.3) is 0 Å². The van der Waals surface area contributed by atoms with E-state index >= 15 is 0 Å². The van der Waals surface area contributed by atoms with E-state index in [9.17, 15) is 9.59 Å². The van der Waals surface area contributed by atoms with Gasteiger partial charge in [-0.15, -0.1) is 11.3 Å². The molecular formula is C19H21NO4S. The number of hydrogen-bond donors (Lipinski definition) is 1. The molecule has 2 rings (SSSR count). The highest BCUT2D eigenvalue weighted by atomic mass is 32.1. The minimum atomic E-state index is -0.423. The van der Waals surface area contributed by atoms with Crippen LogP contribution in [0, 0.1) is 13.8 Å². The second-order valence-electron chi connectivity index (χ2n) is 5.27. The number of para-hydroxylation sites is 1. The maximum Gasteiger partial charge on any atom is 0.341 e. The zero-order valence-corrected chi connectivity index (χ0v) is 15.5. The lowest BCUT2D eigenvalue weighted by atomic mass is 10.1. The van der Waals surface area contributed by atoms with Crippen LogP contribution in [0.2, 0.25) is 0 Å². The number of carbonyl (C=O) groups is 2. The Morgan fingerprint density at radius 2 is 1.96 bits per heavy atom. The molecule has 1 N–H and O–H groups in total. The number of thiophene rings is 1. The van der Waals surface area contributed by atoms with E-state index in [1.165, 1.54) is 17.4 Å². The van der Waals surface area contributed by atoms with Crippen LogP contribution in [0.4, 0.5) is 5.00 Å². The molecule has 1 aromatic heterocycles. The lowest BCUT2D eigenvalue weighted by Crippen LogP contribution is -2.12. The maximum atomic E-state index is 12.3. The van der Waals surface area contributed by atoms with E-state index in [-0.39, 0.29) is 12.5 Å². The highest BCUT2D eigenvalue weighted by Gasteiger charge is 2.21. The normalized spacial score (nSPS) is 10.7. The summed E-state index contributed by atoms with van der Waals surface area (Å²) < 4.78 is 10.3. The lowest BCUT2D eigenvalue weighted by molar-refractivity contribution is -0.111. The topological polar surface area (TPSA) is 64.6 Å². The van der Waals surface area contributed by atoms with Crippen molar-refractivity contribution in [1.82, 2.24) is 0 Å². The van der Waals surface area contributed by atoms with E-state index < -0.39 is 5.97 Å². The number of aryl methyl sites for hydroxylation is 1. The molecule has 1 amide bonds. The SMILES string of the molecule is CCOC(=O)c1c(NC(=O)C=Cc2ccccc2OC)sc(C)c1C. The molecule has 0 radical (unpaired) electrons. The molecule has 1 heterocycles. The molecule has 0 aliphatic carbocycles. The van der Waals surface area contributed by atoms with E-state index in [1.807, 2.05) is 38.1 Å². The molecule has 0 atom stereocenters. The predicted octanol–water partition coefficient (Wildman–Crippen LogP) is 4.20. The largest absolute Gasteiger partial charge is 0.496 e. The number of amides is 1. The Labute approximate surface area is 151 Å². The first-order valence-corrected chi connectivity index (χ1v) is 8.68. The van der Waals surface area contributed by atoms with Gasteiger partial charge in [0.05, 0.1) is 19.3 Å². The number of ether oxygens (including phenoxy) is 2. The van der Waals surface area contributed by atoms with Gasteiger partial charge < -0.3 is 14.8 Å². The van der Waals surface area contributed by atoms with Crippen LogP contribution in [0.1, 0.15) is 33.3 Å². The first kappa shape index (κ1) is 18.7. The van der Waals surface area contributed by atoms with E-state index in [1.54, 1.807) is 20.1 Å². The number of hydrogen-bond acceptors (Lipinski definition) is 5. The van der Waals surface area contributed by atoms with E-state index in [4.69, 9.17) is 9.47 Å². The third-order valence-corrected chi connectivity index (χ3v) is 4.78. The number of nitrogens with one attached hydrogen (secondary N) is 1. The van der Waals surface area contributed by atoms with Crippen molar-refractivity contribution < 1.29 is 19.1 Å². The van der Waals surface area contributed by atoms with Crippen LogP contribution in [0.3, 0.4) is 0 Å². The average molecular weight is 359 g/mol. The van der Waals surface area contributed by atoms with Gasteiger partial charge in [-0.05, 0) is 38.5 Å². The molecule has 0 saturated carbocycles. The van der Waals surface area contributed by atoms with Gasteiger partial charge >= 0.3 is 5.97 Å². The first-order valence-electron chi connectivity index (χ1n) is 7.87. The molecule has 0 bridgehead atoms. The highest BCUT2D eigenvalue weighted by molar-refractivity contribution is 7.16. The third-order valence-electron chi connectivity index (χ3n) is 3.65. The van der Waals surface area contributed by atoms with Crippen LogP contribution in [0.5, 0.6) is 5.75 Å². The van der Waals surface area contributed by atoms with Crippen LogP contribution in [-0.4, -0.2) is 25.6 Å². The molecule has 0 aliphatic rings. The van der Waals surface area contributed by atoms with Crippen molar-refractivity contribution in [1.29, 1.82) is 0 Å². The van der Waals surface area contributed by atoms with Crippen LogP contribution < -0.4 is 10.1 Å². The molecular weight excluding hydrogens is 338 g/mol. The number of carbonyl (C=O) groups excluding carboxylic acids is 2. The molecule has 2 aromatic rings. The maximum absolute atomic E-state index is 12.3. The molecule has 132 valence electrons. The predicted molar refractivity (Wildman–Crippen MR) is 100 cm³/mol. The van der Waals surface area contributed by atoms with Gasteiger partial charge in [0.1, 0.15) is 10.8 Å². The van der Waals surface area contributed by atoms with Crippen molar-refractivity contribution in [2.75, 3.05) is 19.0 Å². The molecule has 25 heavy (non-hydrogen) atoms. The monoisotopic (exact) mass is 359 g/mol. The van der Waals surface area contributed by atoms with Crippen molar-refractivity contribution in [3.63, 3.8) is 0 Å². The van der Waals surface area contributed by atoms with E-state index in [0.717, 1.165) is 16.0 Å². The summed E-state index contributed by atoms with van der Waals surface area (Å²) in [7, 11) is 1.58. The molecule has 0 unspecified atom stereocenters. The van der Waals surface area contributed by atoms with Crippen LogP contribution in [-0.2, 0) is 9.53 Å². The van der Waals surface area contributed by atoms with Gasteiger partial charge in [-0.3, -0.25) is 4.79 Å². The van der Waals surface area contributed by atoms with Gasteiger partial charge in [0.2, 0.25) is 5.91 Å². The second-order valence-corrected chi connectivity index (χ2v) is 6.50. The summed E-state index contributed by atoms with van der Waals surface area (Å²) in [6, 6.07) is 7.40. The Morgan fingerprint density at radius 3 is 2.64 bits per heavy atom. The fraction of sp³-hybridized carbons (Fsp3) is 0.263. The Balaban J connectivity index is 2.19. The molecule has 1 aromatic carbocycles. The summed E-state index contributed by atoms with van der Waals surface area (Å²) in [4.78, 5) is 25.4. The van der Waals surface area contributed by atoms with Gasteiger partial charge in [-0.2, -0.15) is 0 Å². The van der Waals surface area contributed by atoms with Gasteiger partial charge in [0, 0.05) is 16.5 Å². The number of rotatable bonds is 6. The van der Waals surface area contributed by atoms with Crippen molar-refractivity contribution >= 4 is 34.3 Å². The van der Waals surface area contributed by atoms with Crippen molar-refractivity contribution in [3.8, 4) is 5.75 Å². The minimum absolute atomic E-state index is 0.286. The Hall–Kier alpha value is -2.60. The van der Waals surface area contributed by atoms with E-state index in [2.05, 4.69) is 5.32 Å². The fourth-order valence-corrected chi connectivity index (χ4v) is 3.34. The molecule has 5 nitrogen and oxygen atoms in total. The minimum Gasteiger partial charge on any atom is -0.496 e. The fourth-order valence-electron chi connectivity index (χ4n) is 2.29. The summed E-state index contributed by atoms with van der Waals surface area (Å²) in [6.07, 6.45) is 3.09. The van der Waals surface area contributed by atoms with Crippen molar-refractivity contribution in [2.45, 2.75) is 20.8 Å². The van der Waals surface area contributed by atoms with E-state index in [0.29, 0.717) is 16.3 Å². The smallest absolute Gasteiger partial charge is 0.341 e. The summed E-state index contributed by atoms with van der Waals surface area (Å²) in [5.41, 5.74) is 2.04. The van der Waals surface area contributed by atoms with Crippen LogP contribution in [0.15, 0.2) is 30.3 Å². The van der Waals surface area contributed by atoms with Gasteiger partial charge in [-0.25, -0.2) is 4.79 Å². The quantitative estimate of drug-likeness (QED) is 0.620. The number of benzene rings is 1. The standard InChI is InChI=1S/C19H21NO4S/c1-5-24-19(22)17-12(2)13(3)25-18(17)20-16(21)11-10-14-8-6-7-9-15(14)23-4/h6-11H,5H2,1-4H3,(H,20,21). The second kappa shape index (κ2) is 8.48. The molecule has 0 fully saturated rings. The zero-order valence-electron chi connectivity index (χ0n) is 14.7. The third kappa shape index (κ3) is 4.48. The molecule has 6 heteroatoms. The summed E-state index contributed by atoms with van der Waals surface area (Å²) in [5.74, 6) is -0.0624. The highest BCUT2D eigenvalue weighted by Crippen LogP contribution is 2.33. The molecule has 0 spiro atoms. The number of anilines is 1. The number of methoxy groups -OCH3 is 1. The van der Waals surface area contributed by atoms with Gasteiger partial charge in [0.15, 0.2) is 0 Å². The van der Waals surface area contributed by atoms with Gasteiger partial charge in [-0.1, -0.05) is 18.2 Å². The van der Waals surface area contributed by atoms with Crippen molar-refractivity contribution in [3.05, 3.63) is 51.9 Å². The van der Waals surface area contributed by atoms with Crippen molar-refractivity contribution in [2.24, 2.45) is 0 Å². The summed E-state index contributed by atoms with van der Waals surface area (Å²) in [5, 5.41) is 3.27. The number of esters is 1. The summed E-state index contributed by atoms with van der Waals surface area (Å²) in [6.45, 7) is 5.79. The first-order chi connectivity index (χ1) is 12.0. The lowest BCUT2D eigenvalue weighted by Gasteiger charge is -2.06. The zero-order chi connectivity index (χ0) is 18.4. The average Bonchev–Trinajstić information content (AvgIpc) is 2.87. The molecule has 0 aliphatic heterocycles. The Kier molecular flexibility index (Phi) is 6.36. The Bertz CT molecular complexity index is 808.